The van der Waals surface area contributed by atoms with E-state index in [4.69, 9.17) is 21.1 Å². The minimum absolute atomic E-state index is 0.0335. The van der Waals surface area contributed by atoms with Crippen molar-refractivity contribution in [3.05, 3.63) is 57.1 Å². The number of para-hydroxylation sites is 1. The third-order valence-corrected chi connectivity index (χ3v) is 7.16. The van der Waals surface area contributed by atoms with Crippen molar-refractivity contribution in [3.63, 3.8) is 0 Å². The Bertz CT molecular complexity index is 1110. The summed E-state index contributed by atoms with van der Waals surface area (Å²) in [5, 5.41) is 11.9. The van der Waals surface area contributed by atoms with Crippen molar-refractivity contribution in [2.75, 3.05) is 7.05 Å². The van der Waals surface area contributed by atoms with E-state index in [1.54, 1.807) is 19.2 Å². The number of hydrogen-bond donors (Lipinski definition) is 0. The average Bonchev–Trinajstić information content (AvgIpc) is 3.06. The van der Waals surface area contributed by atoms with Gasteiger partial charge in [-0.3, -0.25) is 10.1 Å². The molecule has 0 saturated heterocycles. The number of nitrogens with zero attached hydrogens (tertiary/aromatic N) is 3. The Morgan fingerprint density at radius 3 is 2.70 bits per heavy atom. The van der Waals surface area contributed by atoms with Gasteiger partial charge in [0.25, 0.3) is 5.69 Å². The molecule has 0 unspecified atom stereocenters. The van der Waals surface area contributed by atoms with Crippen LogP contribution in [-0.2, 0) is 6.42 Å². The van der Waals surface area contributed by atoms with E-state index in [9.17, 15) is 14.9 Å². The SMILES string of the molecule is CC(C)C(=NSN(C)C(=O)Oc1cccc2c1OC(C)(C)C2)Sc1ccc([N+](=O)[O-])cc1Cl. The van der Waals surface area contributed by atoms with E-state index in [2.05, 4.69) is 4.40 Å². The highest BCUT2D eigenvalue weighted by Gasteiger charge is 2.33. The second-order valence-electron chi connectivity index (χ2n) is 8.29. The van der Waals surface area contributed by atoms with Crippen LogP contribution in [-0.4, -0.2) is 33.0 Å². The van der Waals surface area contributed by atoms with Crippen molar-refractivity contribution in [3.8, 4) is 11.5 Å². The molecule has 0 atom stereocenters. The van der Waals surface area contributed by atoms with Crippen LogP contribution in [0.3, 0.4) is 0 Å². The van der Waals surface area contributed by atoms with Gasteiger partial charge in [-0.2, -0.15) is 4.40 Å². The smallest absolute Gasteiger partial charge is 0.426 e. The predicted molar refractivity (Wildman–Crippen MR) is 132 cm³/mol. The third-order valence-electron chi connectivity index (χ3n) is 4.60. The molecule has 1 aliphatic rings. The van der Waals surface area contributed by atoms with Gasteiger partial charge in [0.05, 0.1) is 27.1 Å². The van der Waals surface area contributed by atoms with Crippen molar-refractivity contribution in [2.24, 2.45) is 10.3 Å². The Morgan fingerprint density at radius 1 is 1.33 bits per heavy atom. The molecule has 0 bridgehead atoms. The standard InChI is InChI=1S/C22H24ClN3O5S2/c1-13(2)20(32-18-10-9-15(26(28)29)11-16(18)23)24-33-25(5)21(27)30-17-8-6-7-14-12-22(3,4)31-19(14)17/h6-11,13H,12H2,1-5H3. The first kappa shape index (κ1) is 25.2. The Labute approximate surface area is 206 Å². The number of nitro benzene ring substituents is 1. The topological polar surface area (TPSA) is 94.3 Å². The number of fused-ring (bicyclic) bond motifs is 1. The van der Waals surface area contributed by atoms with Crippen LogP contribution in [0.2, 0.25) is 5.02 Å². The quantitative estimate of drug-likeness (QED) is 0.105. The van der Waals surface area contributed by atoms with Gasteiger partial charge in [-0.25, -0.2) is 9.10 Å². The molecule has 2 aromatic carbocycles. The van der Waals surface area contributed by atoms with Crippen molar-refractivity contribution in [2.45, 2.75) is 44.6 Å². The lowest BCUT2D eigenvalue weighted by atomic mass is 10.0. The highest BCUT2D eigenvalue weighted by atomic mass is 35.5. The molecule has 0 aliphatic carbocycles. The first-order valence-electron chi connectivity index (χ1n) is 10.1. The number of amides is 1. The van der Waals surface area contributed by atoms with Crippen molar-refractivity contribution in [1.29, 1.82) is 0 Å². The number of non-ortho nitro benzene ring substituents is 1. The number of carbonyl (C=O) groups excluding carboxylic acids is 1. The zero-order valence-electron chi connectivity index (χ0n) is 18.8. The lowest BCUT2D eigenvalue weighted by Crippen LogP contribution is -2.25. The zero-order chi connectivity index (χ0) is 24.3. The molecule has 176 valence electrons. The Hall–Kier alpha value is -2.43. The second-order valence-corrected chi connectivity index (χ2v) is 10.7. The highest BCUT2D eigenvalue weighted by molar-refractivity contribution is 8.15. The highest BCUT2D eigenvalue weighted by Crippen LogP contribution is 2.42. The summed E-state index contributed by atoms with van der Waals surface area (Å²) in [5.74, 6) is 0.991. The van der Waals surface area contributed by atoms with Crippen LogP contribution in [0, 0.1) is 16.0 Å². The average molecular weight is 510 g/mol. The summed E-state index contributed by atoms with van der Waals surface area (Å²) in [6.45, 7) is 7.88. The van der Waals surface area contributed by atoms with Crippen LogP contribution < -0.4 is 9.47 Å². The third kappa shape index (κ3) is 6.33. The summed E-state index contributed by atoms with van der Waals surface area (Å²) >= 11 is 8.44. The van der Waals surface area contributed by atoms with Crippen LogP contribution in [0.4, 0.5) is 10.5 Å². The molecule has 11 heteroatoms. The minimum Gasteiger partial charge on any atom is -0.483 e. The van der Waals surface area contributed by atoms with E-state index in [1.807, 2.05) is 39.8 Å². The van der Waals surface area contributed by atoms with Crippen LogP contribution in [0.1, 0.15) is 33.3 Å². The number of halogens is 1. The molecule has 0 radical (unpaired) electrons. The molecule has 1 amide bonds. The van der Waals surface area contributed by atoms with Crippen LogP contribution >= 0.6 is 35.5 Å². The number of nitro groups is 1. The van der Waals surface area contributed by atoms with E-state index in [-0.39, 0.29) is 22.2 Å². The molecule has 2 aromatic rings. The number of hydrogen-bond acceptors (Lipinski definition) is 8. The van der Waals surface area contributed by atoms with Gasteiger partial charge in [-0.1, -0.05) is 49.3 Å². The van der Waals surface area contributed by atoms with Crippen LogP contribution in [0.25, 0.3) is 0 Å². The molecule has 0 N–H and O–H groups in total. The van der Waals surface area contributed by atoms with E-state index in [0.29, 0.717) is 21.4 Å². The molecular formula is C22H24ClN3O5S2. The molecule has 0 fully saturated rings. The first-order valence-corrected chi connectivity index (χ1v) is 12.0. The van der Waals surface area contributed by atoms with E-state index in [1.165, 1.54) is 28.2 Å². The Kier molecular flexibility index (Phi) is 7.81. The van der Waals surface area contributed by atoms with Crippen molar-refractivity contribution >= 4 is 52.3 Å². The molecule has 3 rings (SSSR count). The van der Waals surface area contributed by atoms with Gasteiger partial charge < -0.3 is 9.47 Å². The maximum atomic E-state index is 12.6. The van der Waals surface area contributed by atoms with Gasteiger partial charge in [0, 0.05) is 42.0 Å². The number of thioether (sulfide) groups is 1. The molecule has 33 heavy (non-hydrogen) atoms. The van der Waals surface area contributed by atoms with E-state index in [0.717, 1.165) is 24.1 Å². The fourth-order valence-electron chi connectivity index (χ4n) is 3.00. The Balaban J connectivity index is 1.68. The molecule has 0 aromatic heterocycles. The summed E-state index contributed by atoms with van der Waals surface area (Å²) in [6.07, 6.45) is 0.148. The number of benzene rings is 2. The molecular weight excluding hydrogens is 486 g/mol. The van der Waals surface area contributed by atoms with E-state index >= 15 is 0 Å². The number of ether oxygens (including phenoxy) is 2. The monoisotopic (exact) mass is 509 g/mol. The van der Waals surface area contributed by atoms with Crippen LogP contribution in [0.5, 0.6) is 11.5 Å². The van der Waals surface area contributed by atoms with Gasteiger partial charge in [0.1, 0.15) is 5.60 Å². The minimum atomic E-state index is -0.591. The van der Waals surface area contributed by atoms with Crippen molar-refractivity contribution in [1.82, 2.24) is 4.31 Å². The van der Waals surface area contributed by atoms with E-state index < -0.39 is 11.0 Å². The molecule has 1 heterocycles. The lowest BCUT2D eigenvalue weighted by Gasteiger charge is -2.19. The summed E-state index contributed by atoms with van der Waals surface area (Å²) in [4.78, 5) is 23.7. The number of carbonyl (C=O) groups is 1. The predicted octanol–water partition coefficient (Wildman–Crippen LogP) is 6.80. The maximum absolute atomic E-state index is 12.6. The van der Waals surface area contributed by atoms with Crippen molar-refractivity contribution < 1.29 is 19.2 Å². The fourth-order valence-corrected chi connectivity index (χ4v) is 4.81. The largest absolute Gasteiger partial charge is 0.483 e. The maximum Gasteiger partial charge on any atom is 0.426 e. The van der Waals surface area contributed by atoms with Gasteiger partial charge in [0.2, 0.25) is 0 Å². The van der Waals surface area contributed by atoms with Crippen LogP contribution in [0.15, 0.2) is 45.7 Å². The fraction of sp³-hybridized carbons (Fsp3) is 0.364. The Morgan fingerprint density at radius 2 is 2.06 bits per heavy atom. The molecule has 1 aliphatic heterocycles. The molecule has 0 spiro atoms. The first-order chi connectivity index (χ1) is 15.5. The second kappa shape index (κ2) is 10.2. The summed E-state index contributed by atoms with van der Waals surface area (Å²) in [6, 6.07) is 9.78. The lowest BCUT2D eigenvalue weighted by molar-refractivity contribution is -0.384. The summed E-state index contributed by atoms with van der Waals surface area (Å²) < 4.78 is 17.3. The zero-order valence-corrected chi connectivity index (χ0v) is 21.2. The van der Waals surface area contributed by atoms with Gasteiger partial charge >= 0.3 is 6.09 Å². The normalized spacial score (nSPS) is 14.6. The van der Waals surface area contributed by atoms with Gasteiger partial charge in [0.15, 0.2) is 11.5 Å². The van der Waals surface area contributed by atoms with Gasteiger partial charge in [-0.05, 0) is 26.0 Å². The summed E-state index contributed by atoms with van der Waals surface area (Å²) in [7, 11) is 1.56. The van der Waals surface area contributed by atoms with Gasteiger partial charge in [-0.15, -0.1) is 0 Å². The summed E-state index contributed by atoms with van der Waals surface area (Å²) in [5.41, 5.74) is 0.569. The molecule has 0 saturated carbocycles. The number of rotatable bonds is 6. The molecule has 8 nitrogen and oxygen atoms in total.